The maximum absolute atomic E-state index is 5.50. The van der Waals surface area contributed by atoms with Crippen LogP contribution in [0.15, 0.2) is 5.38 Å². The molecule has 3 heteroatoms. The van der Waals surface area contributed by atoms with Crippen molar-refractivity contribution in [3.8, 4) is 0 Å². The van der Waals surface area contributed by atoms with Crippen LogP contribution in [0.25, 0.3) is 0 Å². The predicted molar refractivity (Wildman–Crippen MR) is 65.3 cm³/mol. The summed E-state index contributed by atoms with van der Waals surface area (Å²) >= 11 is 1.82. The zero-order chi connectivity index (χ0) is 10.5. The molecule has 0 atom stereocenters. The largest absolute Gasteiger partial charge is 0.330 e. The Kier molecular flexibility index (Phi) is 4.15. The van der Waals surface area contributed by atoms with E-state index in [1.54, 1.807) is 0 Å². The highest BCUT2D eigenvalue weighted by molar-refractivity contribution is 7.09. The number of aryl methyl sites for hydroxylation is 1. The van der Waals surface area contributed by atoms with Gasteiger partial charge in [-0.05, 0) is 25.8 Å². The van der Waals surface area contributed by atoms with Crippen LogP contribution in [-0.2, 0) is 6.42 Å². The summed E-state index contributed by atoms with van der Waals surface area (Å²) in [4.78, 5) is 4.73. The Labute approximate surface area is 95.9 Å². The molecule has 0 spiro atoms. The first-order valence-corrected chi connectivity index (χ1v) is 6.92. The van der Waals surface area contributed by atoms with Crippen molar-refractivity contribution in [1.29, 1.82) is 0 Å². The lowest BCUT2D eigenvalue weighted by Crippen LogP contribution is -2.05. The van der Waals surface area contributed by atoms with Crippen LogP contribution in [0.3, 0.4) is 0 Å². The highest BCUT2D eigenvalue weighted by atomic mass is 32.1. The number of thiazole rings is 1. The van der Waals surface area contributed by atoms with E-state index >= 15 is 0 Å². The van der Waals surface area contributed by atoms with Gasteiger partial charge in [-0.15, -0.1) is 11.3 Å². The van der Waals surface area contributed by atoms with E-state index in [1.807, 2.05) is 11.3 Å². The van der Waals surface area contributed by atoms with Crippen molar-refractivity contribution < 1.29 is 0 Å². The Morgan fingerprint density at radius 2 is 2.13 bits per heavy atom. The number of hydrogen-bond acceptors (Lipinski definition) is 3. The molecule has 1 aliphatic rings. The first kappa shape index (κ1) is 11.1. The molecule has 2 rings (SSSR count). The molecule has 1 saturated carbocycles. The quantitative estimate of drug-likeness (QED) is 0.853. The standard InChI is InChI=1S/C12H20N2S/c13-8-4-7-12-14-11(9-15-12)10-5-2-1-3-6-10/h9-10H,1-8,13H2. The van der Waals surface area contributed by atoms with Gasteiger partial charge in [0.05, 0.1) is 10.7 Å². The minimum absolute atomic E-state index is 0.752. The lowest BCUT2D eigenvalue weighted by atomic mass is 9.87. The molecule has 15 heavy (non-hydrogen) atoms. The molecule has 1 aliphatic carbocycles. The zero-order valence-corrected chi connectivity index (χ0v) is 10.1. The summed E-state index contributed by atoms with van der Waals surface area (Å²) in [7, 11) is 0. The summed E-state index contributed by atoms with van der Waals surface area (Å²) in [5, 5.41) is 3.54. The van der Waals surface area contributed by atoms with Gasteiger partial charge in [-0.3, -0.25) is 0 Å². The molecule has 0 amide bonds. The Bertz CT molecular complexity index is 290. The Balaban J connectivity index is 1.93. The second-order valence-electron chi connectivity index (χ2n) is 4.39. The lowest BCUT2D eigenvalue weighted by Gasteiger charge is -2.19. The minimum atomic E-state index is 0.752. The van der Waals surface area contributed by atoms with E-state index in [2.05, 4.69) is 5.38 Å². The lowest BCUT2D eigenvalue weighted by molar-refractivity contribution is 0.437. The Morgan fingerprint density at radius 1 is 1.33 bits per heavy atom. The molecule has 0 bridgehead atoms. The maximum Gasteiger partial charge on any atom is 0.0928 e. The fourth-order valence-corrected chi connectivity index (χ4v) is 3.20. The highest BCUT2D eigenvalue weighted by Crippen LogP contribution is 2.33. The molecule has 1 heterocycles. The number of nitrogens with zero attached hydrogens (tertiary/aromatic N) is 1. The van der Waals surface area contributed by atoms with Crippen LogP contribution in [0.4, 0.5) is 0 Å². The molecule has 0 unspecified atom stereocenters. The summed E-state index contributed by atoms with van der Waals surface area (Å²) in [5.41, 5.74) is 6.86. The fraction of sp³-hybridized carbons (Fsp3) is 0.750. The predicted octanol–water partition coefficient (Wildman–Crippen LogP) is 3.08. The van der Waals surface area contributed by atoms with Gasteiger partial charge in [-0.2, -0.15) is 0 Å². The van der Waals surface area contributed by atoms with Gasteiger partial charge >= 0.3 is 0 Å². The van der Waals surface area contributed by atoms with E-state index in [-0.39, 0.29) is 0 Å². The molecule has 1 aromatic heterocycles. The summed E-state index contributed by atoms with van der Waals surface area (Å²) in [6, 6.07) is 0. The monoisotopic (exact) mass is 224 g/mol. The van der Waals surface area contributed by atoms with Gasteiger partial charge in [-0.25, -0.2) is 4.98 Å². The van der Waals surface area contributed by atoms with Crippen LogP contribution >= 0.6 is 11.3 Å². The molecule has 0 radical (unpaired) electrons. The third-order valence-electron chi connectivity index (χ3n) is 3.19. The number of aromatic nitrogens is 1. The van der Waals surface area contributed by atoms with Crippen molar-refractivity contribution in [2.75, 3.05) is 6.54 Å². The van der Waals surface area contributed by atoms with Crippen molar-refractivity contribution in [2.45, 2.75) is 50.9 Å². The van der Waals surface area contributed by atoms with Gasteiger partial charge in [0, 0.05) is 17.7 Å². The van der Waals surface area contributed by atoms with E-state index in [0.717, 1.165) is 25.3 Å². The van der Waals surface area contributed by atoms with Crippen molar-refractivity contribution in [2.24, 2.45) is 5.73 Å². The van der Waals surface area contributed by atoms with E-state index in [4.69, 9.17) is 10.7 Å². The smallest absolute Gasteiger partial charge is 0.0928 e. The molecule has 0 aromatic carbocycles. The Morgan fingerprint density at radius 3 is 2.87 bits per heavy atom. The second-order valence-corrected chi connectivity index (χ2v) is 5.34. The van der Waals surface area contributed by atoms with E-state index in [0.29, 0.717) is 0 Å². The van der Waals surface area contributed by atoms with Gasteiger partial charge in [0.15, 0.2) is 0 Å². The first-order valence-electron chi connectivity index (χ1n) is 6.04. The molecule has 0 saturated heterocycles. The first-order chi connectivity index (χ1) is 7.40. The average Bonchev–Trinajstić information content (AvgIpc) is 2.76. The topological polar surface area (TPSA) is 38.9 Å². The van der Waals surface area contributed by atoms with Crippen LogP contribution in [0.1, 0.15) is 55.1 Å². The van der Waals surface area contributed by atoms with Crippen molar-refractivity contribution >= 4 is 11.3 Å². The van der Waals surface area contributed by atoms with Crippen LogP contribution < -0.4 is 5.73 Å². The van der Waals surface area contributed by atoms with Gasteiger partial charge < -0.3 is 5.73 Å². The molecule has 2 nitrogen and oxygen atoms in total. The number of nitrogens with two attached hydrogens (primary N) is 1. The molecular formula is C12H20N2S. The third-order valence-corrected chi connectivity index (χ3v) is 4.11. The van der Waals surface area contributed by atoms with Crippen LogP contribution in [0.2, 0.25) is 0 Å². The molecular weight excluding hydrogens is 204 g/mol. The van der Waals surface area contributed by atoms with Crippen LogP contribution in [0, 0.1) is 0 Å². The molecule has 0 aliphatic heterocycles. The number of hydrogen-bond donors (Lipinski definition) is 1. The normalized spacial score (nSPS) is 18.2. The van der Waals surface area contributed by atoms with Crippen molar-refractivity contribution in [1.82, 2.24) is 4.98 Å². The Hall–Kier alpha value is -0.410. The van der Waals surface area contributed by atoms with Gasteiger partial charge in [0.2, 0.25) is 0 Å². The maximum atomic E-state index is 5.50. The highest BCUT2D eigenvalue weighted by Gasteiger charge is 2.17. The average molecular weight is 224 g/mol. The molecule has 1 fully saturated rings. The zero-order valence-electron chi connectivity index (χ0n) is 9.24. The van der Waals surface area contributed by atoms with E-state index in [9.17, 15) is 0 Å². The second kappa shape index (κ2) is 5.61. The minimum Gasteiger partial charge on any atom is -0.330 e. The van der Waals surface area contributed by atoms with E-state index in [1.165, 1.54) is 42.8 Å². The molecule has 1 aromatic rings. The van der Waals surface area contributed by atoms with Gasteiger partial charge in [0.25, 0.3) is 0 Å². The fourth-order valence-electron chi connectivity index (χ4n) is 2.28. The molecule has 84 valence electrons. The summed E-state index contributed by atoms with van der Waals surface area (Å²) < 4.78 is 0. The van der Waals surface area contributed by atoms with Gasteiger partial charge in [-0.1, -0.05) is 19.3 Å². The number of rotatable bonds is 4. The van der Waals surface area contributed by atoms with Gasteiger partial charge in [0.1, 0.15) is 0 Å². The van der Waals surface area contributed by atoms with E-state index < -0.39 is 0 Å². The third kappa shape index (κ3) is 3.02. The van der Waals surface area contributed by atoms with Crippen molar-refractivity contribution in [3.63, 3.8) is 0 Å². The van der Waals surface area contributed by atoms with Crippen molar-refractivity contribution in [3.05, 3.63) is 16.1 Å². The van der Waals surface area contributed by atoms with Crippen LogP contribution in [0.5, 0.6) is 0 Å². The SMILES string of the molecule is NCCCc1nc(C2CCCCC2)cs1. The summed E-state index contributed by atoms with van der Waals surface area (Å²) in [6.07, 6.45) is 9.02. The summed E-state index contributed by atoms with van der Waals surface area (Å²) in [6.45, 7) is 0.776. The van der Waals surface area contributed by atoms with Crippen LogP contribution in [-0.4, -0.2) is 11.5 Å². The summed E-state index contributed by atoms with van der Waals surface area (Å²) in [5.74, 6) is 0.752. The molecule has 2 N–H and O–H groups in total.